The summed E-state index contributed by atoms with van der Waals surface area (Å²) in [6.45, 7) is 11.4. The predicted molar refractivity (Wildman–Crippen MR) is 54.4 cm³/mol. The first-order valence-electron chi connectivity index (χ1n) is 4.51. The van der Waals surface area contributed by atoms with Crippen LogP contribution in [0.4, 0.5) is 0 Å². The summed E-state index contributed by atoms with van der Waals surface area (Å²) in [6, 6.07) is 0. The molecule has 0 radical (unpaired) electrons. The average Bonchev–Trinajstić information content (AvgIpc) is 2.02. The zero-order valence-corrected chi connectivity index (χ0v) is 8.56. The molecule has 2 nitrogen and oxygen atoms in total. The molecule has 0 saturated heterocycles. The summed E-state index contributed by atoms with van der Waals surface area (Å²) in [7, 11) is 0. The lowest BCUT2D eigenvalue weighted by molar-refractivity contribution is -0.139. The normalized spacial score (nSPS) is 9.38. The highest BCUT2D eigenvalue weighted by Crippen LogP contribution is 2.04. The van der Waals surface area contributed by atoms with Crippen molar-refractivity contribution in [2.75, 3.05) is 6.61 Å². The molecule has 13 heavy (non-hydrogen) atoms. The van der Waals surface area contributed by atoms with Crippen LogP contribution in [-0.4, -0.2) is 12.6 Å². The lowest BCUT2D eigenvalue weighted by Crippen LogP contribution is -2.05. The molecule has 0 fully saturated rings. The summed E-state index contributed by atoms with van der Waals surface area (Å²) in [5, 5.41) is 0. The van der Waals surface area contributed by atoms with Crippen molar-refractivity contribution in [1.29, 1.82) is 0 Å². The highest BCUT2D eigenvalue weighted by Gasteiger charge is 2.01. The van der Waals surface area contributed by atoms with Gasteiger partial charge in [-0.1, -0.05) is 12.2 Å². The Hall–Kier alpha value is -1.05. The maximum atomic E-state index is 10.9. The van der Waals surface area contributed by atoms with Crippen LogP contribution < -0.4 is 0 Å². The van der Waals surface area contributed by atoms with Crippen molar-refractivity contribution in [3.8, 4) is 0 Å². The fraction of sp³-hybridized carbons (Fsp3) is 0.545. The Morgan fingerprint density at radius 1 is 1.23 bits per heavy atom. The van der Waals surface area contributed by atoms with Gasteiger partial charge < -0.3 is 4.74 Å². The Bertz CT molecular complexity index is 204. The predicted octanol–water partition coefficient (Wildman–Crippen LogP) is 2.85. The molecule has 0 rings (SSSR count). The van der Waals surface area contributed by atoms with Gasteiger partial charge in [-0.3, -0.25) is 0 Å². The zero-order chi connectivity index (χ0) is 10.3. The molecule has 0 bridgehead atoms. The van der Waals surface area contributed by atoms with E-state index in [1.54, 1.807) is 6.92 Å². The Balaban J connectivity index is 3.31. The number of allylic oxidation sites excluding steroid dienone is 1. The summed E-state index contributed by atoms with van der Waals surface area (Å²) >= 11 is 0. The summed E-state index contributed by atoms with van der Waals surface area (Å²) in [5.74, 6) is -0.296. The molecular weight excluding hydrogens is 164 g/mol. The number of hydrogen-bond acceptors (Lipinski definition) is 2. The van der Waals surface area contributed by atoms with E-state index in [2.05, 4.69) is 13.2 Å². The van der Waals surface area contributed by atoms with E-state index < -0.39 is 0 Å². The van der Waals surface area contributed by atoms with E-state index in [-0.39, 0.29) is 5.97 Å². The van der Waals surface area contributed by atoms with Crippen LogP contribution in [0, 0.1) is 0 Å². The second-order valence-corrected chi connectivity index (χ2v) is 3.33. The standard InChI is InChI=1S/C11H18O2/c1-9(2)7-5-6-8-13-11(12)10(3)4/h1,3,5-8H2,2,4H3. The Morgan fingerprint density at radius 2 is 1.85 bits per heavy atom. The second-order valence-electron chi connectivity index (χ2n) is 3.33. The Kier molecular flexibility index (Phi) is 5.94. The molecule has 0 aromatic rings. The Labute approximate surface area is 80.3 Å². The molecule has 0 aliphatic rings. The van der Waals surface area contributed by atoms with E-state index >= 15 is 0 Å². The van der Waals surface area contributed by atoms with Crippen LogP contribution in [0.15, 0.2) is 24.3 Å². The van der Waals surface area contributed by atoms with E-state index in [1.165, 1.54) is 5.57 Å². The third-order valence-electron chi connectivity index (χ3n) is 1.58. The van der Waals surface area contributed by atoms with Gasteiger partial charge in [-0.15, -0.1) is 6.58 Å². The molecule has 0 unspecified atom stereocenters. The minimum absolute atomic E-state index is 0.296. The summed E-state index contributed by atoms with van der Waals surface area (Å²) < 4.78 is 4.92. The molecule has 0 aromatic carbocycles. The molecule has 0 spiro atoms. The largest absolute Gasteiger partial charge is 0.462 e. The highest BCUT2D eigenvalue weighted by molar-refractivity contribution is 5.86. The van der Waals surface area contributed by atoms with Gasteiger partial charge >= 0.3 is 5.97 Å². The van der Waals surface area contributed by atoms with Gasteiger partial charge in [0.2, 0.25) is 0 Å². The van der Waals surface area contributed by atoms with Crippen LogP contribution >= 0.6 is 0 Å². The third kappa shape index (κ3) is 7.32. The van der Waals surface area contributed by atoms with Crippen LogP contribution in [0.2, 0.25) is 0 Å². The zero-order valence-electron chi connectivity index (χ0n) is 8.56. The van der Waals surface area contributed by atoms with Gasteiger partial charge in [-0.05, 0) is 33.1 Å². The highest BCUT2D eigenvalue weighted by atomic mass is 16.5. The first kappa shape index (κ1) is 11.9. The summed E-state index contributed by atoms with van der Waals surface area (Å²) in [6.07, 6.45) is 2.93. The molecular formula is C11H18O2. The maximum Gasteiger partial charge on any atom is 0.333 e. The minimum atomic E-state index is -0.296. The molecule has 74 valence electrons. The van der Waals surface area contributed by atoms with Crippen LogP contribution in [-0.2, 0) is 9.53 Å². The average molecular weight is 182 g/mol. The summed E-state index contributed by atoms with van der Waals surface area (Å²) in [5.41, 5.74) is 1.63. The fourth-order valence-corrected chi connectivity index (χ4v) is 0.817. The molecule has 0 heterocycles. The lowest BCUT2D eigenvalue weighted by atomic mass is 10.1. The molecule has 0 aromatic heterocycles. The molecule has 0 aliphatic carbocycles. The van der Waals surface area contributed by atoms with Crippen molar-refractivity contribution < 1.29 is 9.53 Å². The smallest absolute Gasteiger partial charge is 0.333 e. The topological polar surface area (TPSA) is 26.3 Å². The molecule has 0 amide bonds. The first-order chi connectivity index (χ1) is 6.04. The second kappa shape index (κ2) is 6.46. The number of hydrogen-bond donors (Lipinski definition) is 0. The fourth-order valence-electron chi connectivity index (χ4n) is 0.817. The van der Waals surface area contributed by atoms with Gasteiger partial charge in [0.15, 0.2) is 0 Å². The van der Waals surface area contributed by atoms with Crippen LogP contribution in [0.25, 0.3) is 0 Å². The van der Waals surface area contributed by atoms with E-state index in [4.69, 9.17) is 4.74 Å². The first-order valence-corrected chi connectivity index (χ1v) is 4.51. The van der Waals surface area contributed by atoms with Crippen molar-refractivity contribution in [2.45, 2.75) is 33.1 Å². The van der Waals surface area contributed by atoms with Gasteiger partial charge in [0.1, 0.15) is 0 Å². The quantitative estimate of drug-likeness (QED) is 0.273. The molecule has 0 N–H and O–H groups in total. The van der Waals surface area contributed by atoms with Gasteiger partial charge in [0.05, 0.1) is 6.61 Å². The molecule has 2 heteroatoms. The number of rotatable bonds is 6. The maximum absolute atomic E-state index is 10.9. The van der Waals surface area contributed by atoms with Gasteiger partial charge in [0, 0.05) is 5.57 Å². The van der Waals surface area contributed by atoms with Crippen molar-refractivity contribution in [3.63, 3.8) is 0 Å². The number of ether oxygens (including phenoxy) is 1. The Morgan fingerprint density at radius 3 is 2.31 bits per heavy atom. The monoisotopic (exact) mass is 182 g/mol. The lowest BCUT2D eigenvalue weighted by Gasteiger charge is -2.03. The van der Waals surface area contributed by atoms with Crippen LogP contribution in [0.1, 0.15) is 33.1 Å². The minimum Gasteiger partial charge on any atom is -0.462 e. The van der Waals surface area contributed by atoms with Crippen LogP contribution in [0.5, 0.6) is 0 Å². The number of esters is 1. The van der Waals surface area contributed by atoms with Crippen molar-refractivity contribution in [2.24, 2.45) is 0 Å². The van der Waals surface area contributed by atoms with Crippen molar-refractivity contribution in [1.82, 2.24) is 0 Å². The SMILES string of the molecule is C=C(C)CCCCOC(=O)C(=C)C. The number of carbonyl (C=O) groups is 1. The van der Waals surface area contributed by atoms with E-state index in [0.29, 0.717) is 12.2 Å². The van der Waals surface area contributed by atoms with Crippen molar-refractivity contribution in [3.05, 3.63) is 24.3 Å². The number of carbonyl (C=O) groups excluding carboxylic acids is 1. The van der Waals surface area contributed by atoms with E-state index in [9.17, 15) is 4.79 Å². The van der Waals surface area contributed by atoms with Crippen LogP contribution in [0.3, 0.4) is 0 Å². The summed E-state index contributed by atoms with van der Waals surface area (Å²) in [4.78, 5) is 10.9. The molecule has 0 aliphatic heterocycles. The van der Waals surface area contributed by atoms with Crippen molar-refractivity contribution >= 4 is 5.97 Å². The van der Waals surface area contributed by atoms with Gasteiger partial charge in [0.25, 0.3) is 0 Å². The number of unbranched alkanes of at least 4 members (excludes halogenated alkanes) is 1. The third-order valence-corrected chi connectivity index (χ3v) is 1.58. The molecule has 0 saturated carbocycles. The van der Waals surface area contributed by atoms with E-state index in [0.717, 1.165) is 19.3 Å². The van der Waals surface area contributed by atoms with Gasteiger partial charge in [-0.2, -0.15) is 0 Å². The van der Waals surface area contributed by atoms with E-state index in [1.807, 2.05) is 6.92 Å². The molecule has 0 atom stereocenters. The van der Waals surface area contributed by atoms with Gasteiger partial charge in [-0.25, -0.2) is 4.79 Å².